The summed E-state index contributed by atoms with van der Waals surface area (Å²) in [5.41, 5.74) is 1.30. The van der Waals surface area contributed by atoms with Crippen molar-refractivity contribution >= 4 is 28.7 Å². The molecule has 1 aliphatic heterocycles. The summed E-state index contributed by atoms with van der Waals surface area (Å²) < 4.78 is 7.27. The lowest BCUT2D eigenvalue weighted by Gasteiger charge is -2.26. The highest BCUT2D eigenvalue weighted by Crippen LogP contribution is 2.48. The molecule has 0 radical (unpaired) electrons. The van der Waals surface area contributed by atoms with Crippen LogP contribution >= 0.6 is 11.6 Å². The minimum Gasteiger partial charge on any atom is -0.378 e. The van der Waals surface area contributed by atoms with Crippen molar-refractivity contribution in [3.8, 4) is 0 Å². The maximum absolute atomic E-state index is 6.02. The van der Waals surface area contributed by atoms with Gasteiger partial charge >= 0.3 is 0 Å². The number of anilines is 1. The molecular formula is C15H16ClN7O. The molecule has 0 unspecified atom stereocenters. The Labute approximate surface area is 142 Å². The van der Waals surface area contributed by atoms with E-state index in [9.17, 15) is 0 Å². The number of aromatic amines is 1. The van der Waals surface area contributed by atoms with Gasteiger partial charge in [0.05, 0.1) is 30.6 Å². The van der Waals surface area contributed by atoms with Gasteiger partial charge in [-0.3, -0.25) is 4.68 Å². The SMILES string of the molecule is Clc1cnn(C2(c3nc4nc(N5CCOCC5)ncc4[nH]3)CC2)c1. The van der Waals surface area contributed by atoms with Crippen LogP contribution in [0, 0.1) is 0 Å². The maximum atomic E-state index is 6.02. The molecule has 0 bridgehead atoms. The third-order valence-corrected chi connectivity index (χ3v) is 4.87. The predicted molar refractivity (Wildman–Crippen MR) is 88.3 cm³/mol. The van der Waals surface area contributed by atoms with E-state index in [1.807, 2.05) is 10.9 Å². The molecule has 0 aromatic carbocycles. The summed E-state index contributed by atoms with van der Waals surface area (Å²) in [6.45, 7) is 3.02. The molecule has 1 aliphatic carbocycles. The van der Waals surface area contributed by atoms with Crippen molar-refractivity contribution in [3.63, 3.8) is 0 Å². The van der Waals surface area contributed by atoms with Gasteiger partial charge in [0, 0.05) is 19.3 Å². The van der Waals surface area contributed by atoms with Crippen LogP contribution in [-0.2, 0) is 10.3 Å². The average molecular weight is 346 g/mol. The van der Waals surface area contributed by atoms with E-state index in [2.05, 4.69) is 25.0 Å². The number of aromatic nitrogens is 6. The van der Waals surface area contributed by atoms with Crippen LogP contribution in [0.2, 0.25) is 5.02 Å². The lowest BCUT2D eigenvalue weighted by Crippen LogP contribution is -2.37. The highest BCUT2D eigenvalue weighted by atomic mass is 35.5. The molecule has 0 atom stereocenters. The van der Waals surface area contributed by atoms with E-state index in [1.165, 1.54) is 0 Å². The summed E-state index contributed by atoms with van der Waals surface area (Å²) in [4.78, 5) is 19.3. The van der Waals surface area contributed by atoms with Gasteiger partial charge in [-0.15, -0.1) is 0 Å². The van der Waals surface area contributed by atoms with Crippen molar-refractivity contribution in [2.24, 2.45) is 0 Å². The first kappa shape index (κ1) is 14.2. The fourth-order valence-electron chi connectivity index (χ4n) is 3.16. The third kappa shape index (κ3) is 2.17. The van der Waals surface area contributed by atoms with Gasteiger partial charge in [-0.2, -0.15) is 10.1 Å². The molecule has 124 valence electrons. The summed E-state index contributed by atoms with van der Waals surface area (Å²) in [5.74, 6) is 1.57. The summed E-state index contributed by atoms with van der Waals surface area (Å²) >= 11 is 6.02. The number of ether oxygens (including phenoxy) is 1. The lowest BCUT2D eigenvalue weighted by molar-refractivity contribution is 0.122. The number of nitrogens with zero attached hydrogens (tertiary/aromatic N) is 6. The second-order valence-corrected chi connectivity index (χ2v) is 6.66. The number of morpholine rings is 1. The van der Waals surface area contributed by atoms with Crippen molar-refractivity contribution in [2.75, 3.05) is 31.2 Å². The van der Waals surface area contributed by atoms with Crippen LogP contribution in [0.5, 0.6) is 0 Å². The van der Waals surface area contributed by atoms with Crippen LogP contribution in [0.3, 0.4) is 0 Å². The summed E-state index contributed by atoms with van der Waals surface area (Å²) in [5, 5.41) is 4.99. The van der Waals surface area contributed by atoms with E-state index < -0.39 is 0 Å². The van der Waals surface area contributed by atoms with Crippen LogP contribution in [0.15, 0.2) is 18.6 Å². The Kier molecular flexibility index (Phi) is 3.04. The largest absolute Gasteiger partial charge is 0.378 e. The third-order valence-electron chi connectivity index (χ3n) is 4.67. The van der Waals surface area contributed by atoms with Crippen molar-refractivity contribution in [2.45, 2.75) is 18.4 Å². The second kappa shape index (κ2) is 5.15. The molecule has 0 amide bonds. The van der Waals surface area contributed by atoms with Crippen molar-refractivity contribution in [1.29, 1.82) is 0 Å². The highest BCUT2D eigenvalue weighted by molar-refractivity contribution is 6.30. The van der Waals surface area contributed by atoms with E-state index in [-0.39, 0.29) is 5.54 Å². The Morgan fingerprint density at radius 1 is 1.17 bits per heavy atom. The summed E-state index contributed by atoms with van der Waals surface area (Å²) in [7, 11) is 0. The fraction of sp³-hybridized carbons (Fsp3) is 0.467. The van der Waals surface area contributed by atoms with Crippen LogP contribution in [-0.4, -0.2) is 56.0 Å². The van der Waals surface area contributed by atoms with Gasteiger partial charge in [-0.25, -0.2) is 9.97 Å². The number of imidazole rings is 1. The predicted octanol–water partition coefficient (Wildman–Crippen LogP) is 1.58. The number of hydrogen-bond acceptors (Lipinski definition) is 6. The summed E-state index contributed by atoms with van der Waals surface area (Å²) in [6, 6.07) is 0. The molecule has 2 aliphatic rings. The normalized spacial score (nSPS) is 19.8. The molecule has 0 spiro atoms. The Morgan fingerprint density at radius 3 is 2.71 bits per heavy atom. The van der Waals surface area contributed by atoms with Crippen molar-refractivity contribution < 1.29 is 4.74 Å². The highest BCUT2D eigenvalue weighted by Gasteiger charge is 2.50. The molecule has 1 saturated heterocycles. The molecule has 2 fully saturated rings. The number of hydrogen-bond donors (Lipinski definition) is 1. The monoisotopic (exact) mass is 345 g/mol. The smallest absolute Gasteiger partial charge is 0.227 e. The molecule has 5 rings (SSSR count). The van der Waals surface area contributed by atoms with Gasteiger partial charge in [0.25, 0.3) is 0 Å². The van der Waals surface area contributed by atoms with E-state index in [4.69, 9.17) is 21.3 Å². The van der Waals surface area contributed by atoms with Gasteiger partial charge in [0.2, 0.25) is 5.95 Å². The standard InChI is InChI=1S/C15H16ClN7O/c16-10-7-18-23(9-10)15(1-2-15)13-19-11-8-17-14(21-12(11)20-13)22-3-5-24-6-4-22/h7-9H,1-6H2,(H,17,19,20,21). The number of H-pyrrole nitrogens is 1. The molecule has 24 heavy (non-hydrogen) atoms. The first-order valence-electron chi connectivity index (χ1n) is 8.01. The number of fused-ring (bicyclic) bond motifs is 1. The van der Waals surface area contributed by atoms with Gasteiger partial charge in [0.15, 0.2) is 5.65 Å². The van der Waals surface area contributed by atoms with Gasteiger partial charge in [0.1, 0.15) is 16.9 Å². The molecule has 3 aromatic heterocycles. The van der Waals surface area contributed by atoms with E-state index >= 15 is 0 Å². The Bertz CT molecular complexity index is 894. The van der Waals surface area contributed by atoms with Crippen LogP contribution in [0.1, 0.15) is 18.7 Å². The first-order chi connectivity index (χ1) is 11.7. The molecule has 1 N–H and O–H groups in total. The zero-order valence-electron chi connectivity index (χ0n) is 12.9. The molecule has 4 heterocycles. The minimum atomic E-state index is -0.229. The minimum absolute atomic E-state index is 0.229. The van der Waals surface area contributed by atoms with Gasteiger partial charge in [-0.1, -0.05) is 11.6 Å². The Balaban J connectivity index is 1.52. The fourth-order valence-corrected chi connectivity index (χ4v) is 3.30. The van der Waals surface area contributed by atoms with Crippen molar-refractivity contribution in [3.05, 3.63) is 29.4 Å². The van der Waals surface area contributed by atoms with Crippen LogP contribution in [0.4, 0.5) is 5.95 Å². The maximum Gasteiger partial charge on any atom is 0.227 e. The zero-order chi connectivity index (χ0) is 16.1. The first-order valence-corrected chi connectivity index (χ1v) is 8.39. The van der Waals surface area contributed by atoms with Crippen LogP contribution < -0.4 is 4.90 Å². The Hall–Kier alpha value is -2.19. The molecule has 9 heteroatoms. The van der Waals surface area contributed by atoms with E-state index in [0.29, 0.717) is 29.8 Å². The van der Waals surface area contributed by atoms with Crippen LogP contribution in [0.25, 0.3) is 11.2 Å². The molecule has 3 aromatic rings. The molecular weight excluding hydrogens is 330 g/mol. The molecule has 1 saturated carbocycles. The second-order valence-electron chi connectivity index (χ2n) is 6.23. The average Bonchev–Trinajstić information content (AvgIpc) is 3.12. The molecule has 8 nitrogen and oxygen atoms in total. The Morgan fingerprint density at radius 2 is 2.00 bits per heavy atom. The van der Waals surface area contributed by atoms with E-state index in [1.54, 1.807) is 12.4 Å². The lowest BCUT2D eigenvalue weighted by atomic mass is 10.2. The zero-order valence-corrected chi connectivity index (χ0v) is 13.7. The summed E-state index contributed by atoms with van der Waals surface area (Å²) in [6.07, 6.45) is 7.26. The number of nitrogens with one attached hydrogen (secondary N) is 1. The quantitative estimate of drug-likeness (QED) is 0.775. The van der Waals surface area contributed by atoms with Crippen molar-refractivity contribution in [1.82, 2.24) is 29.7 Å². The van der Waals surface area contributed by atoms with Gasteiger partial charge < -0.3 is 14.6 Å². The van der Waals surface area contributed by atoms with E-state index in [0.717, 1.165) is 37.3 Å². The number of rotatable bonds is 3. The number of halogens is 1. The topological polar surface area (TPSA) is 84.8 Å². The van der Waals surface area contributed by atoms with Gasteiger partial charge in [-0.05, 0) is 12.8 Å².